The molecule has 0 atom stereocenters. The van der Waals surface area contributed by atoms with E-state index in [4.69, 9.17) is 15.4 Å². The number of rotatable bonds is 13. The van der Waals surface area contributed by atoms with Crippen LogP contribution in [0.25, 0.3) is 0 Å². The summed E-state index contributed by atoms with van der Waals surface area (Å²) < 4.78 is 97.2. The Morgan fingerprint density at radius 3 is 2.23 bits per heavy atom. The first-order valence-electron chi connectivity index (χ1n) is 16.2. The van der Waals surface area contributed by atoms with Crippen LogP contribution >= 0.6 is 12.0 Å². The van der Waals surface area contributed by atoms with Crippen molar-refractivity contribution >= 4 is 59.4 Å². The number of anilines is 1. The maximum atomic E-state index is 12.2. The Bertz CT molecular complexity index is 2290. The summed E-state index contributed by atoms with van der Waals surface area (Å²) in [6.07, 6.45) is 9.34. The fourth-order valence-corrected chi connectivity index (χ4v) is 8.89. The van der Waals surface area contributed by atoms with E-state index >= 15 is 0 Å². The van der Waals surface area contributed by atoms with Gasteiger partial charge < -0.3 is 4.90 Å². The third-order valence-corrected chi connectivity index (χ3v) is 12.8. The van der Waals surface area contributed by atoms with Crippen LogP contribution in [0.2, 0.25) is 0 Å². The van der Waals surface area contributed by atoms with Gasteiger partial charge in [0, 0.05) is 45.9 Å². The van der Waals surface area contributed by atoms with Gasteiger partial charge in [0.1, 0.15) is 5.75 Å². The monoisotopic (exact) mass is 795 g/mol. The normalized spacial score (nSPS) is 20.2. The van der Waals surface area contributed by atoms with Crippen LogP contribution in [0, 0.1) is 0 Å². The van der Waals surface area contributed by atoms with Crippen LogP contribution in [0.3, 0.4) is 0 Å². The second kappa shape index (κ2) is 14.6. The number of allylic oxidation sites excluding steroid dienone is 8. The Balaban J connectivity index is 1.51. The van der Waals surface area contributed by atoms with Gasteiger partial charge in [-0.15, -0.1) is 9.32 Å². The summed E-state index contributed by atoms with van der Waals surface area (Å²) in [6, 6.07) is 10.1. The molecule has 18 heteroatoms. The molecule has 0 bridgehead atoms. The zero-order valence-corrected chi connectivity index (χ0v) is 32.6. The minimum atomic E-state index is -4.29. The molecular formula is C34H43N4O10S4+. The molecule has 0 saturated carbocycles. The molecule has 2 aromatic rings. The van der Waals surface area contributed by atoms with Gasteiger partial charge in [-0.25, -0.2) is 13.6 Å². The van der Waals surface area contributed by atoms with E-state index < -0.39 is 52.6 Å². The molecule has 282 valence electrons. The largest absolute Gasteiger partial charge is 0.343 e. The first-order chi connectivity index (χ1) is 24.0. The van der Waals surface area contributed by atoms with Crippen molar-refractivity contribution in [3.8, 4) is 0 Å². The van der Waals surface area contributed by atoms with E-state index in [1.165, 1.54) is 12.1 Å². The smallest absolute Gasteiger partial charge is 0.271 e. The third-order valence-electron chi connectivity index (χ3n) is 9.88. The van der Waals surface area contributed by atoms with Crippen molar-refractivity contribution in [3.05, 3.63) is 94.2 Å². The molecule has 52 heavy (non-hydrogen) atoms. The highest BCUT2D eigenvalue weighted by Gasteiger charge is 2.45. The molecule has 2 aliphatic heterocycles. The van der Waals surface area contributed by atoms with E-state index in [1.54, 1.807) is 17.0 Å². The Kier molecular flexibility index (Phi) is 11.2. The van der Waals surface area contributed by atoms with Gasteiger partial charge in [0.05, 0.1) is 28.1 Å². The van der Waals surface area contributed by atoms with E-state index in [0.717, 1.165) is 69.2 Å². The van der Waals surface area contributed by atoms with Crippen molar-refractivity contribution in [1.82, 2.24) is 0 Å². The number of fused-ring (bicyclic) bond motifs is 2. The minimum Gasteiger partial charge on any atom is -0.343 e. The molecule has 1 aliphatic carbocycles. The van der Waals surface area contributed by atoms with E-state index in [9.17, 15) is 34.4 Å². The second-order valence-electron chi connectivity index (χ2n) is 13.9. The third kappa shape index (κ3) is 8.46. The van der Waals surface area contributed by atoms with Gasteiger partial charge in [-0.2, -0.15) is 27.3 Å². The summed E-state index contributed by atoms with van der Waals surface area (Å²) in [5, 5.41) is 5.42. The van der Waals surface area contributed by atoms with Crippen LogP contribution in [0.4, 0.5) is 11.4 Å². The molecule has 2 heterocycles. The predicted octanol–water partition coefficient (Wildman–Crippen LogP) is 4.59. The van der Waals surface area contributed by atoms with Gasteiger partial charge in [-0.05, 0) is 92.3 Å². The number of nitrogens with two attached hydrogens (primary N) is 2. The molecule has 0 saturated heterocycles. The van der Waals surface area contributed by atoms with Crippen LogP contribution in [0.1, 0.15) is 58.6 Å². The first-order valence-corrected chi connectivity index (χ1v) is 21.7. The number of hydrogen-bond acceptors (Lipinski definition) is 11. The van der Waals surface area contributed by atoms with Crippen molar-refractivity contribution in [2.75, 3.05) is 29.5 Å². The van der Waals surface area contributed by atoms with Gasteiger partial charge in [0.15, 0.2) is 12.3 Å². The molecule has 0 spiro atoms. The maximum Gasteiger partial charge on any atom is 0.271 e. The quantitative estimate of drug-likeness (QED) is 0.0718. The highest BCUT2D eigenvalue weighted by molar-refractivity contribution is 7.94. The Morgan fingerprint density at radius 2 is 1.60 bits per heavy atom. The summed E-state index contributed by atoms with van der Waals surface area (Å²) >= 11 is 0.939. The highest BCUT2D eigenvalue weighted by atomic mass is 32.2. The number of benzene rings is 2. The van der Waals surface area contributed by atoms with Crippen LogP contribution < -0.4 is 15.9 Å². The van der Waals surface area contributed by atoms with Crippen molar-refractivity contribution in [2.45, 2.75) is 68.1 Å². The molecule has 0 amide bonds. The van der Waals surface area contributed by atoms with E-state index in [0.29, 0.717) is 11.3 Å². The van der Waals surface area contributed by atoms with E-state index in [-0.39, 0.29) is 18.0 Å². The van der Waals surface area contributed by atoms with Gasteiger partial charge in [-0.3, -0.25) is 9.11 Å². The van der Waals surface area contributed by atoms with Crippen molar-refractivity contribution in [3.63, 3.8) is 0 Å². The highest BCUT2D eigenvalue weighted by Crippen LogP contribution is 2.49. The predicted molar refractivity (Wildman–Crippen MR) is 200 cm³/mol. The van der Waals surface area contributed by atoms with Crippen LogP contribution in [0.15, 0.2) is 92.9 Å². The zero-order valence-electron chi connectivity index (χ0n) is 29.4. The maximum absolute atomic E-state index is 12.2. The van der Waals surface area contributed by atoms with E-state index in [2.05, 4.69) is 4.99 Å². The Hall–Kier alpha value is -3.17. The topological polar surface area (TPSA) is 220 Å². The average molecular weight is 796 g/mol. The molecule has 0 aromatic heterocycles. The van der Waals surface area contributed by atoms with Gasteiger partial charge >= 0.3 is 0 Å². The Labute approximate surface area is 309 Å². The van der Waals surface area contributed by atoms with Crippen molar-refractivity contribution in [1.29, 1.82) is 0 Å². The van der Waals surface area contributed by atoms with Crippen LogP contribution in [-0.4, -0.2) is 69.2 Å². The van der Waals surface area contributed by atoms with Crippen LogP contribution in [0.5, 0.6) is 0 Å². The summed E-state index contributed by atoms with van der Waals surface area (Å²) in [5.74, 6) is 4.02. The lowest BCUT2D eigenvalue weighted by molar-refractivity contribution is -0.432. The van der Waals surface area contributed by atoms with Crippen molar-refractivity contribution in [2.24, 2.45) is 11.0 Å². The summed E-state index contributed by atoms with van der Waals surface area (Å²) in [7, 11) is -12.5. The molecule has 0 unspecified atom stereocenters. The molecule has 3 aliphatic rings. The minimum absolute atomic E-state index is 0.0333. The number of hydrogen-bond donors (Lipinski definition) is 4. The van der Waals surface area contributed by atoms with Gasteiger partial charge in [-0.1, -0.05) is 26.0 Å². The fraction of sp³-hybridized carbons (Fsp3) is 0.382. The zero-order chi connectivity index (χ0) is 38.4. The summed E-state index contributed by atoms with van der Waals surface area (Å²) in [5.41, 5.74) is 6.41. The van der Waals surface area contributed by atoms with E-state index in [1.807, 2.05) is 75.6 Å². The number of nitrogens with zero attached hydrogens (tertiary/aromatic N) is 2. The molecule has 0 radical (unpaired) electrons. The molecule has 5 rings (SSSR count). The summed E-state index contributed by atoms with van der Waals surface area (Å²) in [4.78, 5) is 6.68. The first kappa shape index (κ1) is 40.0. The molecular weight excluding hydrogens is 753 g/mol. The lowest BCUT2D eigenvalue weighted by Crippen LogP contribution is -2.30. The standard InChI is InChI=1S/C34H42N4O10S4/c1-22-23(8-14-31-33(2,3)27-20-25(49-48-47-35)10-12-29(27)37(31)16-18-50(39,40)41)6-7-24(22)9-15-32-34(4,5)28-21-26(52(36,45)46)11-13-30(28)38(32)17-19-51(42,43)44/h8-15,20-21H,6-7,16-19,35H2,1-5H3,(H3-,36,39,40,41,42,43,44,45,46)/p+1. The number of sulfonamides is 1. The molecule has 0 fully saturated rings. The van der Waals surface area contributed by atoms with Gasteiger partial charge in [0.2, 0.25) is 15.7 Å². The molecule has 2 aromatic carbocycles. The SMILES string of the molecule is CC1=C(/C=C/C2=[N+](CCS(=O)(=O)O)c3ccc(SOON)cc3C2(C)C)CC/C1=C\C=C1\N(CCS(=O)(=O)O)c2ccc(S(N)(=O)=O)cc2C1(C)C. The number of primary sulfonamides is 1. The van der Waals surface area contributed by atoms with Crippen molar-refractivity contribution < 1.29 is 48.3 Å². The second-order valence-corrected chi connectivity index (χ2v) is 19.4. The Morgan fingerprint density at radius 1 is 0.904 bits per heavy atom. The molecule has 6 N–H and O–H groups in total. The lowest BCUT2D eigenvalue weighted by atomic mass is 9.81. The fourth-order valence-electron chi connectivity index (χ4n) is 7.12. The van der Waals surface area contributed by atoms with Crippen LogP contribution in [-0.2, 0) is 50.4 Å². The molecule has 14 nitrogen and oxygen atoms in total. The van der Waals surface area contributed by atoms with Gasteiger partial charge in [0.25, 0.3) is 20.2 Å². The summed E-state index contributed by atoms with van der Waals surface area (Å²) in [6.45, 7) is 9.87. The lowest BCUT2D eigenvalue weighted by Gasteiger charge is -2.26. The average Bonchev–Trinajstić information content (AvgIpc) is 3.57.